The largest absolute Gasteiger partial charge is 0.390 e. The van der Waals surface area contributed by atoms with Gasteiger partial charge in [-0.15, -0.1) is 0 Å². The molecule has 0 fully saturated rings. The normalized spacial score (nSPS) is 10.5. The number of imidazole rings is 1. The summed E-state index contributed by atoms with van der Waals surface area (Å²) in [4.78, 5) is 20.6. The first-order chi connectivity index (χ1) is 9.15. The van der Waals surface area contributed by atoms with Crippen molar-refractivity contribution in [1.29, 1.82) is 0 Å². The zero-order valence-electron chi connectivity index (χ0n) is 10.6. The maximum Gasteiger partial charge on any atom is 0.269 e. The molecule has 0 aliphatic carbocycles. The molecule has 6 nitrogen and oxygen atoms in total. The second-order valence-electron chi connectivity index (χ2n) is 3.81. The number of nitrogens with zero attached hydrogens (tertiary/aromatic N) is 3. The van der Waals surface area contributed by atoms with E-state index in [0.717, 1.165) is 15.7 Å². The molecule has 0 atom stereocenters. The molecule has 0 aliphatic heterocycles. The van der Waals surface area contributed by atoms with Crippen LogP contribution in [-0.2, 0) is 13.7 Å². The van der Waals surface area contributed by atoms with E-state index in [1.165, 1.54) is 11.8 Å². The Bertz CT molecular complexity index is 597. The quantitative estimate of drug-likeness (QED) is 0.865. The fourth-order valence-electron chi connectivity index (χ4n) is 1.50. The molecule has 19 heavy (non-hydrogen) atoms. The van der Waals surface area contributed by atoms with Gasteiger partial charge in [-0.05, 0) is 12.1 Å². The highest BCUT2D eigenvalue weighted by Gasteiger charge is 2.10. The molecule has 2 aromatic heterocycles. The molecule has 0 unspecified atom stereocenters. The lowest BCUT2D eigenvalue weighted by atomic mass is 10.3. The second kappa shape index (κ2) is 5.85. The predicted molar refractivity (Wildman–Crippen MR) is 70.9 cm³/mol. The van der Waals surface area contributed by atoms with Crippen molar-refractivity contribution in [3.8, 4) is 0 Å². The lowest BCUT2D eigenvalue weighted by Gasteiger charge is -2.05. The lowest BCUT2D eigenvalue weighted by molar-refractivity contribution is 0.0958. The maximum absolute atomic E-state index is 11.5. The second-order valence-corrected chi connectivity index (χ2v) is 4.85. The Kier molecular flexibility index (Phi) is 4.18. The minimum absolute atomic E-state index is 0.0517. The Morgan fingerprint density at radius 3 is 2.95 bits per heavy atom. The Hall–Kier alpha value is -1.86. The van der Waals surface area contributed by atoms with E-state index < -0.39 is 0 Å². The molecular formula is C12H14N4O2S. The van der Waals surface area contributed by atoms with Crippen LogP contribution in [0.2, 0.25) is 0 Å². The van der Waals surface area contributed by atoms with E-state index in [0.29, 0.717) is 5.69 Å². The SMILES string of the molecule is CNC(=O)c1cc(Sc2ncc(CO)n2C)ccn1. The molecule has 100 valence electrons. The van der Waals surface area contributed by atoms with Crippen LogP contribution in [0.1, 0.15) is 16.2 Å². The lowest BCUT2D eigenvalue weighted by Crippen LogP contribution is -2.19. The zero-order valence-corrected chi connectivity index (χ0v) is 11.4. The standard InChI is InChI=1S/C12H14N4O2S/c1-13-11(18)10-5-9(3-4-14-10)19-12-15-6-8(7-17)16(12)2/h3-6,17H,7H2,1-2H3,(H,13,18). The number of nitrogens with one attached hydrogen (secondary N) is 1. The minimum Gasteiger partial charge on any atom is -0.390 e. The van der Waals surface area contributed by atoms with Crippen LogP contribution in [0.4, 0.5) is 0 Å². The maximum atomic E-state index is 11.5. The summed E-state index contributed by atoms with van der Waals surface area (Å²) in [7, 11) is 3.40. The van der Waals surface area contributed by atoms with Crippen molar-refractivity contribution in [3.05, 3.63) is 35.9 Å². The van der Waals surface area contributed by atoms with Gasteiger partial charge in [0, 0.05) is 25.2 Å². The summed E-state index contributed by atoms with van der Waals surface area (Å²) in [6.07, 6.45) is 3.21. The third-order valence-corrected chi connectivity index (χ3v) is 3.66. The molecule has 0 aromatic carbocycles. The Morgan fingerprint density at radius 1 is 1.53 bits per heavy atom. The molecule has 0 radical (unpaired) electrons. The third kappa shape index (κ3) is 2.94. The van der Waals surface area contributed by atoms with Gasteiger partial charge < -0.3 is 15.0 Å². The number of carbonyl (C=O) groups is 1. The van der Waals surface area contributed by atoms with Crippen molar-refractivity contribution in [2.45, 2.75) is 16.7 Å². The smallest absolute Gasteiger partial charge is 0.269 e. The van der Waals surface area contributed by atoms with E-state index in [2.05, 4.69) is 15.3 Å². The van der Waals surface area contributed by atoms with Gasteiger partial charge in [-0.25, -0.2) is 4.98 Å². The fourth-order valence-corrected chi connectivity index (χ4v) is 2.37. The molecule has 0 spiro atoms. The summed E-state index contributed by atoms with van der Waals surface area (Å²) in [6.45, 7) is -0.0517. The van der Waals surface area contributed by atoms with Crippen LogP contribution in [0.5, 0.6) is 0 Å². The molecule has 0 bridgehead atoms. The van der Waals surface area contributed by atoms with Crippen LogP contribution >= 0.6 is 11.8 Å². The Labute approximate surface area is 114 Å². The van der Waals surface area contributed by atoms with Crippen LogP contribution in [0.25, 0.3) is 0 Å². The van der Waals surface area contributed by atoms with Crippen LogP contribution in [0.3, 0.4) is 0 Å². The Balaban J connectivity index is 2.23. The molecule has 0 saturated heterocycles. The summed E-state index contributed by atoms with van der Waals surface area (Å²) in [5, 5.41) is 12.4. The highest BCUT2D eigenvalue weighted by atomic mass is 32.2. The van der Waals surface area contributed by atoms with E-state index in [9.17, 15) is 4.79 Å². The Morgan fingerprint density at radius 2 is 2.32 bits per heavy atom. The summed E-state index contributed by atoms with van der Waals surface area (Å²) in [5.74, 6) is -0.224. The van der Waals surface area contributed by atoms with Crippen LogP contribution in [0, 0.1) is 0 Å². The molecule has 0 saturated carbocycles. The highest BCUT2D eigenvalue weighted by Crippen LogP contribution is 2.26. The first-order valence-corrected chi connectivity index (χ1v) is 6.44. The van der Waals surface area contributed by atoms with Crippen LogP contribution < -0.4 is 5.32 Å². The van der Waals surface area contributed by atoms with Crippen molar-refractivity contribution in [2.75, 3.05) is 7.05 Å². The topological polar surface area (TPSA) is 80.0 Å². The van der Waals surface area contributed by atoms with Crippen molar-refractivity contribution in [1.82, 2.24) is 19.9 Å². The molecular weight excluding hydrogens is 264 g/mol. The zero-order chi connectivity index (χ0) is 13.8. The average molecular weight is 278 g/mol. The highest BCUT2D eigenvalue weighted by molar-refractivity contribution is 7.99. The van der Waals surface area contributed by atoms with E-state index in [1.54, 1.807) is 25.5 Å². The van der Waals surface area contributed by atoms with E-state index in [-0.39, 0.29) is 12.5 Å². The number of carbonyl (C=O) groups excluding carboxylic acids is 1. The summed E-state index contributed by atoms with van der Waals surface area (Å²) < 4.78 is 1.81. The van der Waals surface area contributed by atoms with Gasteiger partial charge in [0.15, 0.2) is 5.16 Å². The molecule has 7 heteroatoms. The van der Waals surface area contributed by atoms with Crippen molar-refractivity contribution in [2.24, 2.45) is 7.05 Å². The summed E-state index contributed by atoms with van der Waals surface area (Å²) >= 11 is 1.41. The molecule has 0 aliphatic rings. The number of amides is 1. The van der Waals surface area contributed by atoms with Gasteiger partial charge in [-0.2, -0.15) is 0 Å². The van der Waals surface area contributed by atoms with Crippen LogP contribution in [-0.4, -0.2) is 32.6 Å². The monoisotopic (exact) mass is 278 g/mol. The minimum atomic E-state index is -0.224. The molecule has 2 aromatic rings. The number of aliphatic hydroxyl groups is 1. The first kappa shape index (κ1) is 13.6. The van der Waals surface area contributed by atoms with Crippen molar-refractivity contribution < 1.29 is 9.90 Å². The molecule has 2 rings (SSSR count). The van der Waals surface area contributed by atoms with Gasteiger partial charge in [-0.3, -0.25) is 9.78 Å². The summed E-state index contributed by atoms with van der Waals surface area (Å²) in [5.41, 5.74) is 1.10. The van der Waals surface area contributed by atoms with Crippen molar-refractivity contribution in [3.63, 3.8) is 0 Å². The van der Waals surface area contributed by atoms with Crippen molar-refractivity contribution >= 4 is 17.7 Å². The van der Waals surface area contributed by atoms with Gasteiger partial charge in [0.25, 0.3) is 5.91 Å². The van der Waals surface area contributed by atoms with E-state index in [1.807, 2.05) is 17.7 Å². The number of hydrogen-bond donors (Lipinski definition) is 2. The number of rotatable bonds is 4. The number of aromatic nitrogens is 3. The van der Waals surface area contributed by atoms with Gasteiger partial charge in [0.05, 0.1) is 18.5 Å². The predicted octanol–water partition coefficient (Wildman–Crippen LogP) is 0.818. The number of aliphatic hydroxyl groups excluding tert-OH is 1. The summed E-state index contributed by atoms with van der Waals surface area (Å²) in [6, 6.07) is 3.52. The van der Waals surface area contributed by atoms with Gasteiger partial charge in [-0.1, -0.05) is 11.8 Å². The van der Waals surface area contributed by atoms with Gasteiger partial charge in [0.2, 0.25) is 0 Å². The van der Waals surface area contributed by atoms with E-state index >= 15 is 0 Å². The first-order valence-electron chi connectivity index (χ1n) is 5.63. The van der Waals surface area contributed by atoms with E-state index in [4.69, 9.17) is 5.11 Å². The number of hydrogen-bond acceptors (Lipinski definition) is 5. The average Bonchev–Trinajstić information content (AvgIpc) is 2.79. The van der Waals surface area contributed by atoms with Gasteiger partial charge in [0.1, 0.15) is 5.69 Å². The molecule has 2 heterocycles. The fraction of sp³-hybridized carbons (Fsp3) is 0.250. The number of pyridine rings is 1. The molecule has 1 amide bonds. The third-order valence-electron chi connectivity index (χ3n) is 2.60. The van der Waals surface area contributed by atoms with Crippen LogP contribution in [0.15, 0.2) is 34.6 Å². The molecule has 2 N–H and O–H groups in total. The van der Waals surface area contributed by atoms with Gasteiger partial charge >= 0.3 is 0 Å².